The number of anilines is 1. The first kappa shape index (κ1) is 20.9. The molecule has 7 heteroatoms. The Morgan fingerprint density at radius 1 is 1.17 bits per heavy atom. The molecule has 0 saturated heterocycles. The first-order valence-corrected chi connectivity index (χ1v) is 11.0. The van der Waals surface area contributed by atoms with E-state index in [-0.39, 0.29) is 17.6 Å². The number of aliphatic imine (C=N–C) groups is 1. The molecule has 30 heavy (non-hydrogen) atoms. The number of aliphatic hydroxyl groups excluding tert-OH is 2. The highest BCUT2D eigenvalue weighted by molar-refractivity contribution is 8.15. The molecule has 0 spiro atoms. The summed E-state index contributed by atoms with van der Waals surface area (Å²) in [7, 11) is 1.79. The van der Waals surface area contributed by atoms with E-state index in [0.29, 0.717) is 11.7 Å². The maximum Gasteiger partial charge on any atom is 0.227 e. The molecular formula is C23H27N3O3S. The van der Waals surface area contributed by atoms with Crippen LogP contribution in [0.25, 0.3) is 0 Å². The number of amidine groups is 1. The Labute approximate surface area is 181 Å². The molecule has 5 unspecified atom stereocenters. The second-order valence-corrected chi connectivity index (χ2v) is 9.25. The van der Waals surface area contributed by atoms with Gasteiger partial charge in [-0.15, -0.1) is 0 Å². The van der Waals surface area contributed by atoms with Gasteiger partial charge in [0.15, 0.2) is 5.17 Å². The zero-order valence-electron chi connectivity index (χ0n) is 17.1. The molecule has 1 amide bonds. The summed E-state index contributed by atoms with van der Waals surface area (Å²) in [6.45, 7) is 2.53. The normalized spacial score (nSPS) is 27.9. The lowest BCUT2D eigenvalue weighted by atomic mass is 9.80. The molecule has 0 radical (unpaired) electrons. The van der Waals surface area contributed by atoms with Crippen LogP contribution in [0.4, 0.5) is 5.69 Å². The Morgan fingerprint density at radius 2 is 1.87 bits per heavy atom. The Hall–Kier alpha value is -2.35. The van der Waals surface area contributed by atoms with Crippen LogP contribution in [0.5, 0.6) is 0 Å². The van der Waals surface area contributed by atoms with Crippen LogP contribution in [-0.4, -0.2) is 56.7 Å². The number of carbonyl (C=O) groups is 1. The Bertz CT molecular complexity index is 919. The van der Waals surface area contributed by atoms with Crippen molar-refractivity contribution in [1.29, 1.82) is 0 Å². The van der Waals surface area contributed by atoms with E-state index in [4.69, 9.17) is 0 Å². The van der Waals surface area contributed by atoms with Crippen LogP contribution in [0.1, 0.15) is 17.5 Å². The van der Waals surface area contributed by atoms with Crippen molar-refractivity contribution >= 4 is 28.5 Å². The van der Waals surface area contributed by atoms with Crippen molar-refractivity contribution in [1.82, 2.24) is 4.90 Å². The summed E-state index contributed by atoms with van der Waals surface area (Å²) >= 11 is 1.48. The SMILES string of the molecule is Cc1ccc(NC2=NC3C(O)C(O)CC(C(=O)N(C)Cc4ccccc4)C3S2)cc1. The smallest absolute Gasteiger partial charge is 0.227 e. The van der Waals surface area contributed by atoms with Gasteiger partial charge in [-0.25, -0.2) is 0 Å². The minimum absolute atomic E-state index is 0.0286. The van der Waals surface area contributed by atoms with Crippen LogP contribution in [0, 0.1) is 12.8 Å². The van der Waals surface area contributed by atoms with Gasteiger partial charge >= 0.3 is 0 Å². The number of carbonyl (C=O) groups excluding carboxylic acids is 1. The molecule has 5 atom stereocenters. The Morgan fingerprint density at radius 3 is 2.57 bits per heavy atom. The van der Waals surface area contributed by atoms with E-state index >= 15 is 0 Å². The van der Waals surface area contributed by atoms with Crippen LogP contribution >= 0.6 is 11.8 Å². The summed E-state index contributed by atoms with van der Waals surface area (Å²) in [4.78, 5) is 19.6. The number of rotatable bonds is 4. The van der Waals surface area contributed by atoms with Crippen molar-refractivity contribution in [2.75, 3.05) is 12.4 Å². The fourth-order valence-corrected chi connectivity index (χ4v) is 5.44. The Kier molecular flexibility index (Phi) is 6.13. The van der Waals surface area contributed by atoms with E-state index in [0.717, 1.165) is 11.3 Å². The number of hydrogen-bond acceptors (Lipinski definition) is 6. The molecule has 3 N–H and O–H groups in total. The van der Waals surface area contributed by atoms with Gasteiger partial charge < -0.3 is 20.4 Å². The van der Waals surface area contributed by atoms with Crippen molar-refractivity contribution < 1.29 is 15.0 Å². The van der Waals surface area contributed by atoms with Crippen LogP contribution in [0.3, 0.4) is 0 Å². The van der Waals surface area contributed by atoms with E-state index < -0.39 is 24.2 Å². The van der Waals surface area contributed by atoms with Gasteiger partial charge in [-0.2, -0.15) is 0 Å². The average molecular weight is 426 g/mol. The van der Waals surface area contributed by atoms with Gasteiger partial charge in [-0.1, -0.05) is 59.8 Å². The third kappa shape index (κ3) is 4.38. The fourth-order valence-electron chi connectivity index (χ4n) is 4.07. The van der Waals surface area contributed by atoms with Gasteiger partial charge in [0, 0.05) is 24.5 Å². The number of aliphatic hydroxyl groups is 2. The van der Waals surface area contributed by atoms with Gasteiger partial charge in [0.1, 0.15) is 6.10 Å². The monoisotopic (exact) mass is 425 g/mol. The quantitative estimate of drug-likeness (QED) is 0.701. The molecule has 1 fully saturated rings. The summed E-state index contributed by atoms with van der Waals surface area (Å²) in [5, 5.41) is 24.7. The topological polar surface area (TPSA) is 85.2 Å². The van der Waals surface area contributed by atoms with Gasteiger partial charge in [-0.05, 0) is 31.0 Å². The standard InChI is InChI=1S/C23H27N3O3S/c1-14-8-10-16(11-9-14)24-23-25-19-20(28)18(27)12-17(21(19)30-23)22(29)26(2)13-15-6-4-3-5-7-15/h3-11,17-21,27-28H,12-13H2,1-2H3,(H,24,25). The van der Waals surface area contributed by atoms with Gasteiger partial charge in [-0.3, -0.25) is 9.79 Å². The van der Waals surface area contributed by atoms with E-state index in [1.54, 1.807) is 11.9 Å². The second kappa shape index (κ2) is 8.79. The number of aryl methyl sites for hydroxylation is 1. The van der Waals surface area contributed by atoms with E-state index in [1.807, 2.05) is 61.5 Å². The molecule has 1 aliphatic heterocycles. The molecule has 1 saturated carbocycles. The van der Waals surface area contributed by atoms with E-state index in [2.05, 4.69) is 10.3 Å². The predicted molar refractivity (Wildman–Crippen MR) is 120 cm³/mol. The second-order valence-electron chi connectivity index (χ2n) is 8.08. The van der Waals surface area contributed by atoms with Crippen LogP contribution in [-0.2, 0) is 11.3 Å². The molecule has 6 nitrogen and oxygen atoms in total. The summed E-state index contributed by atoms with van der Waals surface area (Å²) in [6.07, 6.45) is -1.70. The number of thioether (sulfide) groups is 1. The number of fused-ring (bicyclic) bond motifs is 1. The zero-order chi connectivity index (χ0) is 21.3. The fraction of sp³-hybridized carbons (Fsp3) is 0.391. The molecule has 2 aromatic carbocycles. The van der Waals surface area contributed by atoms with E-state index in [9.17, 15) is 15.0 Å². The summed E-state index contributed by atoms with van der Waals surface area (Å²) in [6, 6.07) is 17.3. The zero-order valence-corrected chi connectivity index (χ0v) is 17.9. The number of nitrogens with zero attached hydrogens (tertiary/aromatic N) is 2. The largest absolute Gasteiger partial charge is 0.390 e. The van der Waals surface area contributed by atoms with Gasteiger partial charge in [0.05, 0.1) is 18.1 Å². The number of hydrogen-bond donors (Lipinski definition) is 3. The van der Waals surface area contributed by atoms with Crippen molar-refractivity contribution in [2.45, 2.75) is 43.4 Å². The van der Waals surface area contributed by atoms with Crippen molar-refractivity contribution in [3.8, 4) is 0 Å². The average Bonchev–Trinajstić information content (AvgIpc) is 3.16. The highest BCUT2D eigenvalue weighted by Gasteiger charge is 2.50. The maximum absolute atomic E-state index is 13.2. The lowest BCUT2D eigenvalue weighted by Crippen LogP contribution is -2.54. The van der Waals surface area contributed by atoms with Crippen molar-refractivity contribution in [2.24, 2.45) is 10.9 Å². The summed E-state index contributed by atoms with van der Waals surface area (Å²) < 4.78 is 0. The van der Waals surface area contributed by atoms with Crippen molar-refractivity contribution in [3.05, 3.63) is 65.7 Å². The van der Waals surface area contributed by atoms with Crippen molar-refractivity contribution in [3.63, 3.8) is 0 Å². The van der Waals surface area contributed by atoms with Crippen LogP contribution in [0.15, 0.2) is 59.6 Å². The van der Waals surface area contributed by atoms with Crippen LogP contribution in [0.2, 0.25) is 0 Å². The number of benzene rings is 2. The molecule has 4 rings (SSSR count). The van der Waals surface area contributed by atoms with Gasteiger partial charge in [0.2, 0.25) is 5.91 Å². The minimum Gasteiger partial charge on any atom is -0.390 e. The third-order valence-electron chi connectivity index (χ3n) is 5.75. The first-order chi connectivity index (χ1) is 14.4. The molecule has 0 aromatic heterocycles. The predicted octanol–water partition coefficient (Wildman–Crippen LogP) is 2.65. The third-order valence-corrected chi connectivity index (χ3v) is 7.06. The number of amides is 1. The van der Waals surface area contributed by atoms with E-state index in [1.165, 1.54) is 17.3 Å². The lowest BCUT2D eigenvalue weighted by Gasteiger charge is -2.38. The Balaban J connectivity index is 1.48. The number of nitrogens with one attached hydrogen (secondary N) is 1. The molecule has 1 heterocycles. The maximum atomic E-state index is 13.2. The van der Waals surface area contributed by atoms with Crippen LogP contribution < -0.4 is 5.32 Å². The molecule has 1 aliphatic carbocycles. The molecule has 158 valence electrons. The summed E-state index contributed by atoms with van der Waals surface area (Å²) in [5.74, 6) is -0.438. The van der Waals surface area contributed by atoms with Gasteiger partial charge in [0.25, 0.3) is 0 Å². The molecule has 2 aliphatic rings. The lowest BCUT2D eigenvalue weighted by molar-refractivity contribution is -0.139. The highest BCUT2D eigenvalue weighted by Crippen LogP contribution is 2.42. The minimum atomic E-state index is -0.969. The first-order valence-electron chi connectivity index (χ1n) is 10.2. The molecular weight excluding hydrogens is 398 g/mol. The highest BCUT2D eigenvalue weighted by atomic mass is 32.2. The summed E-state index contributed by atoms with van der Waals surface area (Å²) in [5.41, 5.74) is 3.13. The molecule has 0 bridgehead atoms. The molecule has 2 aromatic rings.